The summed E-state index contributed by atoms with van der Waals surface area (Å²) >= 11 is 0. The third-order valence-electron chi connectivity index (χ3n) is 4.31. The van der Waals surface area contributed by atoms with Crippen molar-refractivity contribution in [1.82, 2.24) is 14.5 Å². The molecule has 0 amide bonds. The Balaban J connectivity index is 1.72. The summed E-state index contributed by atoms with van der Waals surface area (Å²) < 4.78 is 2.11. The maximum Gasteiger partial charge on any atom is 0.336 e. The summed E-state index contributed by atoms with van der Waals surface area (Å²) in [4.78, 5) is 18.2. The van der Waals surface area contributed by atoms with Gasteiger partial charge in [0.25, 0.3) is 0 Å². The molecule has 116 valence electrons. The fourth-order valence-electron chi connectivity index (χ4n) is 3.31. The zero-order chi connectivity index (χ0) is 15.7. The standard InChI is InChI=1S/C17H21N3O2/c1-12-9-19(2)16(18-12)14-7-8-20(11-14)10-13-5-3-4-6-15(13)17(21)22/h3-6,9,14H,7-8,10-11H2,1-2H3,(H,21,22)/t14-/m1/s1. The number of likely N-dealkylation sites (tertiary alicyclic amines) is 1. The summed E-state index contributed by atoms with van der Waals surface area (Å²) in [6.45, 7) is 4.60. The number of carbonyl (C=O) groups is 1. The van der Waals surface area contributed by atoms with E-state index in [1.807, 2.05) is 26.1 Å². The summed E-state index contributed by atoms with van der Waals surface area (Å²) in [7, 11) is 2.04. The highest BCUT2D eigenvalue weighted by molar-refractivity contribution is 5.89. The maximum absolute atomic E-state index is 11.3. The van der Waals surface area contributed by atoms with Gasteiger partial charge in [-0.3, -0.25) is 4.90 Å². The number of nitrogens with zero attached hydrogens (tertiary/aromatic N) is 3. The Hall–Kier alpha value is -2.14. The van der Waals surface area contributed by atoms with Crippen LogP contribution < -0.4 is 0 Å². The second-order valence-corrected chi connectivity index (χ2v) is 6.03. The van der Waals surface area contributed by atoms with E-state index in [2.05, 4.69) is 20.6 Å². The van der Waals surface area contributed by atoms with Crippen molar-refractivity contribution in [1.29, 1.82) is 0 Å². The normalized spacial score (nSPS) is 18.7. The van der Waals surface area contributed by atoms with Crippen LogP contribution in [0.4, 0.5) is 0 Å². The molecular weight excluding hydrogens is 278 g/mol. The van der Waals surface area contributed by atoms with E-state index >= 15 is 0 Å². The minimum absolute atomic E-state index is 0.402. The van der Waals surface area contributed by atoms with Crippen LogP contribution in [0.1, 0.15) is 39.8 Å². The lowest BCUT2D eigenvalue weighted by atomic mass is 10.1. The van der Waals surface area contributed by atoms with Crippen LogP contribution in [-0.4, -0.2) is 38.6 Å². The lowest BCUT2D eigenvalue weighted by molar-refractivity contribution is 0.0694. The number of hydrogen-bond acceptors (Lipinski definition) is 3. The lowest BCUT2D eigenvalue weighted by Crippen LogP contribution is -2.21. The predicted octanol–water partition coefficient (Wildman–Crippen LogP) is 2.42. The van der Waals surface area contributed by atoms with Crippen molar-refractivity contribution >= 4 is 5.97 Å². The summed E-state index contributed by atoms with van der Waals surface area (Å²) in [5.41, 5.74) is 2.33. The Morgan fingerprint density at radius 2 is 2.18 bits per heavy atom. The van der Waals surface area contributed by atoms with Gasteiger partial charge in [0.1, 0.15) is 5.82 Å². The molecule has 0 unspecified atom stereocenters. The van der Waals surface area contributed by atoms with E-state index in [0.717, 1.165) is 36.6 Å². The molecule has 1 atom stereocenters. The van der Waals surface area contributed by atoms with E-state index in [1.165, 1.54) is 0 Å². The number of carboxylic acids is 1. The fraction of sp³-hybridized carbons (Fsp3) is 0.412. The number of imidazole rings is 1. The first-order chi connectivity index (χ1) is 10.5. The van der Waals surface area contributed by atoms with Crippen molar-refractivity contribution in [2.75, 3.05) is 13.1 Å². The Kier molecular flexibility index (Phi) is 3.98. The molecule has 0 bridgehead atoms. The minimum Gasteiger partial charge on any atom is -0.478 e. The monoisotopic (exact) mass is 299 g/mol. The number of benzene rings is 1. The van der Waals surface area contributed by atoms with Crippen LogP contribution in [0.5, 0.6) is 0 Å². The van der Waals surface area contributed by atoms with Gasteiger partial charge in [0.05, 0.1) is 11.3 Å². The number of aryl methyl sites for hydroxylation is 2. The molecule has 1 aliphatic heterocycles. The second kappa shape index (κ2) is 5.93. The molecule has 1 aromatic heterocycles. The molecule has 1 aromatic carbocycles. The van der Waals surface area contributed by atoms with Gasteiger partial charge in [0, 0.05) is 32.3 Å². The summed E-state index contributed by atoms with van der Waals surface area (Å²) in [6, 6.07) is 7.25. The Morgan fingerprint density at radius 3 is 2.86 bits per heavy atom. The molecule has 1 N–H and O–H groups in total. The number of aromatic carboxylic acids is 1. The van der Waals surface area contributed by atoms with Crippen molar-refractivity contribution in [2.45, 2.75) is 25.8 Å². The van der Waals surface area contributed by atoms with Gasteiger partial charge >= 0.3 is 5.97 Å². The van der Waals surface area contributed by atoms with Gasteiger partial charge in [-0.25, -0.2) is 9.78 Å². The SMILES string of the molecule is Cc1cn(C)c([C@@H]2CCN(Cc3ccccc3C(=O)O)C2)n1. The van der Waals surface area contributed by atoms with Gasteiger partial charge in [-0.15, -0.1) is 0 Å². The number of hydrogen-bond donors (Lipinski definition) is 1. The third kappa shape index (κ3) is 2.90. The van der Waals surface area contributed by atoms with Crippen molar-refractivity contribution in [3.8, 4) is 0 Å². The molecule has 2 heterocycles. The van der Waals surface area contributed by atoms with E-state index in [0.29, 0.717) is 18.0 Å². The average molecular weight is 299 g/mol. The first kappa shape index (κ1) is 14.8. The Labute approximate surface area is 130 Å². The van der Waals surface area contributed by atoms with Gasteiger partial charge < -0.3 is 9.67 Å². The largest absolute Gasteiger partial charge is 0.478 e. The number of aromatic nitrogens is 2. The van der Waals surface area contributed by atoms with Crippen LogP contribution in [0.25, 0.3) is 0 Å². The number of carboxylic acid groups (broad SMARTS) is 1. The molecule has 1 aliphatic rings. The van der Waals surface area contributed by atoms with E-state index in [-0.39, 0.29) is 0 Å². The highest BCUT2D eigenvalue weighted by Crippen LogP contribution is 2.27. The summed E-state index contributed by atoms with van der Waals surface area (Å²) in [5.74, 6) is 0.702. The lowest BCUT2D eigenvalue weighted by Gasteiger charge is -2.17. The maximum atomic E-state index is 11.3. The van der Waals surface area contributed by atoms with Crippen LogP contribution in [0.2, 0.25) is 0 Å². The fourth-order valence-corrected chi connectivity index (χ4v) is 3.31. The first-order valence-electron chi connectivity index (χ1n) is 7.58. The molecule has 0 spiro atoms. The predicted molar refractivity (Wildman–Crippen MR) is 84.0 cm³/mol. The molecule has 22 heavy (non-hydrogen) atoms. The van der Waals surface area contributed by atoms with Crippen LogP contribution in [0, 0.1) is 6.92 Å². The molecule has 0 aliphatic carbocycles. The van der Waals surface area contributed by atoms with Crippen LogP contribution >= 0.6 is 0 Å². The van der Waals surface area contributed by atoms with E-state index in [1.54, 1.807) is 12.1 Å². The quantitative estimate of drug-likeness (QED) is 0.942. The summed E-state index contributed by atoms with van der Waals surface area (Å²) in [6.07, 6.45) is 3.12. The van der Waals surface area contributed by atoms with Crippen molar-refractivity contribution < 1.29 is 9.90 Å². The van der Waals surface area contributed by atoms with Gasteiger partial charge in [0.2, 0.25) is 0 Å². The van der Waals surface area contributed by atoms with Crippen LogP contribution in [0.3, 0.4) is 0 Å². The minimum atomic E-state index is -0.855. The van der Waals surface area contributed by atoms with Crippen molar-refractivity contribution in [2.24, 2.45) is 7.05 Å². The Morgan fingerprint density at radius 1 is 1.41 bits per heavy atom. The van der Waals surface area contributed by atoms with E-state index < -0.39 is 5.97 Å². The van der Waals surface area contributed by atoms with Crippen LogP contribution in [-0.2, 0) is 13.6 Å². The smallest absolute Gasteiger partial charge is 0.336 e. The van der Waals surface area contributed by atoms with Crippen LogP contribution in [0.15, 0.2) is 30.5 Å². The zero-order valence-electron chi connectivity index (χ0n) is 13.0. The zero-order valence-corrected chi connectivity index (χ0v) is 13.0. The molecule has 5 nitrogen and oxygen atoms in total. The highest BCUT2D eigenvalue weighted by Gasteiger charge is 2.27. The van der Waals surface area contributed by atoms with Gasteiger partial charge in [-0.05, 0) is 31.5 Å². The molecule has 5 heteroatoms. The highest BCUT2D eigenvalue weighted by atomic mass is 16.4. The molecule has 0 radical (unpaired) electrons. The second-order valence-electron chi connectivity index (χ2n) is 6.03. The molecule has 1 saturated heterocycles. The first-order valence-corrected chi connectivity index (χ1v) is 7.58. The molecule has 3 rings (SSSR count). The topological polar surface area (TPSA) is 58.4 Å². The number of rotatable bonds is 4. The Bertz CT molecular complexity index is 693. The van der Waals surface area contributed by atoms with Gasteiger partial charge in [0.15, 0.2) is 0 Å². The summed E-state index contributed by atoms with van der Waals surface area (Å²) in [5, 5.41) is 9.28. The van der Waals surface area contributed by atoms with Crippen molar-refractivity contribution in [3.63, 3.8) is 0 Å². The average Bonchev–Trinajstić information content (AvgIpc) is 3.05. The third-order valence-corrected chi connectivity index (χ3v) is 4.31. The van der Waals surface area contributed by atoms with E-state index in [4.69, 9.17) is 0 Å². The van der Waals surface area contributed by atoms with Gasteiger partial charge in [-0.2, -0.15) is 0 Å². The molecule has 0 saturated carbocycles. The molecular formula is C17H21N3O2. The molecule has 2 aromatic rings. The molecule has 1 fully saturated rings. The van der Waals surface area contributed by atoms with Gasteiger partial charge in [-0.1, -0.05) is 18.2 Å². The van der Waals surface area contributed by atoms with Crippen molar-refractivity contribution in [3.05, 3.63) is 53.1 Å². The van der Waals surface area contributed by atoms with E-state index in [9.17, 15) is 9.90 Å².